The fourth-order valence-corrected chi connectivity index (χ4v) is 3.65. The van der Waals surface area contributed by atoms with E-state index in [0.717, 1.165) is 49.5 Å². The van der Waals surface area contributed by atoms with Gasteiger partial charge in [0.05, 0.1) is 17.4 Å². The molecule has 1 heterocycles. The van der Waals surface area contributed by atoms with Gasteiger partial charge in [-0.2, -0.15) is 0 Å². The first-order valence-electron chi connectivity index (χ1n) is 11.8. The summed E-state index contributed by atoms with van der Waals surface area (Å²) >= 11 is 0. The molecule has 0 saturated heterocycles. The van der Waals surface area contributed by atoms with E-state index in [2.05, 4.69) is 30.2 Å². The van der Waals surface area contributed by atoms with Crippen molar-refractivity contribution in [2.24, 2.45) is 0 Å². The van der Waals surface area contributed by atoms with Gasteiger partial charge in [0.15, 0.2) is 0 Å². The maximum atomic E-state index is 12.8. The van der Waals surface area contributed by atoms with Gasteiger partial charge in [-0.25, -0.2) is 0 Å². The number of pyridine rings is 1. The van der Waals surface area contributed by atoms with Crippen LogP contribution in [-0.2, 0) is 17.6 Å². The summed E-state index contributed by atoms with van der Waals surface area (Å²) in [6.45, 7) is 8.90. The first-order chi connectivity index (χ1) is 16.0. The van der Waals surface area contributed by atoms with Crippen molar-refractivity contribution >= 4 is 11.6 Å². The number of aromatic nitrogens is 1. The molecule has 1 N–H and O–H groups in total. The monoisotopic (exact) mass is 446 g/mol. The number of carbonyl (C=O) groups is 1. The number of rotatable bonds is 11. The van der Waals surface area contributed by atoms with Gasteiger partial charge in [-0.1, -0.05) is 38.5 Å². The molecule has 1 atom stereocenters. The van der Waals surface area contributed by atoms with E-state index in [1.54, 1.807) is 0 Å². The molecule has 1 aromatic heterocycles. The highest BCUT2D eigenvalue weighted by molar-refractivity contribution is 6.05. The van der Waals surface area contributed by atoms with Gasteiger partial charge < -0.3 is 14.8 Å². The average molecular weight is 447 g/mol. The molecule has 33 heavy (non-hydrogen) atoms. The van der Waals surface area contributed by atoms with Crippen LogP contribution >= 0.6 is 0 Å². The van der Waals surface area contributed by atoms with E-state index in [-0.39, 0.29) is 12.0 Å². The third kappa shape index (κ3) is 7.16. The fraction of sp³-hybridized carbons (Fsp3) is 0.357. The third-order valence-corrected chi connectivity index (χ3v) is 5.32. The number of para-hydroxylation sites is 1. The Morgan fingerprint density at radius 1 is 1.00 bits per heavy atom. The number of anilines is 1. The van der Waals surface area contributed by atoms with Crippen molar-refractivity contribution < 1.29 is 14.3 Å². The van der Waals surface area contributed by atoms with Crippen LogP contribution in [0.15, 0.2) is 60.7 Å². The highest BCUT2D eigenvalue weighted by atomic mass is 16.5. The van der Waals surface area contributed by atoms with Crippen LogP contribution in [0.25, 0.3) is 0 Å². The number of nitrogens with one attached hydrogen (secondary N) is 1. The van der Waals surface area contributed by atoms with Crippen LogP contribution in [0, 0.1) is 6.92 Å². The number of nitrogens with zero attached hydrogens (tertiary/aromatic N) is 1. The zero-order chi connectivity index (χ0) is 23.6. The molecule has 0 radical (unpaired) electrons. The predicted molar refractivity (Wildman–Crippen MR) is 133 cm³/mol. The van der Waals surface area contributed by atoms with E-state index in [1.807, 2.05) is 68.4 Å². The lowest BCUT2D eigenvalue weighted by molar-refractivity contribution is 0.0663. The van der Waals surface area contributed by atoms with Crippen LogP contribution in [0.3, 0.4) is 0 Å². The molecule has 0 bridgehead atoms. The summed E-state index contributed by atoms with van der Waals surface area (Å²) in [5, 5.41) is 2.95. The van der Waals surface area contributed by atoms with Gasteiger partial charge in [-0.05, 0) is 74.7 Å². The molecule has 0 aliphatic rings. The van der Waals surface area contributed by atoms with Crippen molar-refractivity contribution in [3.8, 4) is 11.5 Å². The zero-order valence-electron chi connectivity index (χ0n) is 20.1. The molecule has 3 aromatic rings. The number of hydrogen-bond donors (Lipinski definition) is 1. The maximum Gasteiger partial charge on any atom is 0.257 e. The quantitative estimate of drug-likeness (QED) is 0.354. The van der Waals surface area contributed by atoms with E-state index >= 15 is 0 Å². The van der Waals surface area contributed by atoms with Crippen molar-refractivity contribution in [3.05, 3.63) is 83.2 Å². The van der Waals surface area contributed by atoms with Crippen LogP contribution in [-0.4, -0.2) is 23.6 Å². The van der Waals surface area contributed by atoms with Gasteiger partial charge in [0.25, 0.3) is 5.91 Å². The smallest absolute Gasteiger partial charge is 0.257 e. The molecule has 0 aliphatic heterocycles. The minimum Gasteiger partial charge on any atom is -0.457 e. The van der Waals surface area contributed by atoms with E-state index in [1.165, 1.54) is 5.56 Å². The van der Waals surface area contributed by atoms with Crippen molar-refractivity contribution in [1.82, 2.24) is 4.98 Å². The summed E-state index contributed by atoms with van der Waals surface area (Å²) in [7, 11) is 0. The Labute approximate surface area is 197 Å². The van der Waals surface area contributed by atoms with Crippen molar-refractivity contribution in [3.63, 3.8) is 0 Å². The van der Waals surface area contributed by atoms with Crippen molar-refractivity contribution in [2.75, 3.05) is 11.9 Å². The highest BCUT2D eigenvalue weighted by Crippen LogP contribution is 2.27. The Kier molecular flexibility index (Phi) is 9.02. The molecule has 1 unspecified atom stereocenters. The molecule has 3 rings (SSSR count). The zero-order valence-corrected chi connectivity index (χ0v) is 20.1. The van der Waals surface area contributed by atoms with E-state index < -0.39 is 0 Å². The van der Waals surface area contributed by atoms with Gasteiger partial charge in [0.1, 0.15) is 11.5 Å². The maximum absolute atomic E-state index is 12.8. The van der Waals surface area contributed by atoms with Crippen LogP contribution in [0.5, 0.6) is 11.5 Å². The van der Waals surface area contributed by atoms with Gasteiger partial charge in [-0.3, -0.25) is 9.78 Å². The largest absolute Gasteiger partial charge is 0.457 e. The lowest BCUT2D eigenvalue weighted by atomic mass is 10.1. The van der Waals surface area contributed by atoms with E-state index in [9.17, 15) is 4.79 Å². The topological polar surface area (TPSA) is 60.5 Å². The predicted octanol–water partition coefficient (Wildman–Crippen LogP) is 6.74. The molecular formula is C28H34N2O3. The van der Waals surface area contributed by atoms with Crippen molar-refractivity contribution in [2.45, 2.75) is 59.5 Å². The lowest BCUT2D eigenvalue weighted by Gasteiger charge is -2.14. The van der Waals surface area contributed by atoms with Gasteiger partial charge >= 0.3 is 0 Å². The van der Waals surface area contributed by atoms with Crippen LogP contribution < -0.4 is 10.1 Å². The lowest BCUT2D eigenvalue weighted by Crippen LogP contribution is -2.16. The number of aryl methyl sites for hydroxylation is 2. The van der Waals surface area contributed by atoms with Crippen molar-refractivity contribution in [1.29, 1.82) is 0 Å². The Morgan fingerprint density at radius 3 is 2.45 bits per heavy atom. The Bertz CT molecular complexity index is 1050. The Balaban J connectivity index is 1.61. The molecule has 174 valence electrons. The fourth-order valence-electron chi connectivity index (χ4n) is 3.65. The molecule has 0 saturated carbocycles. The summed E-state index contributed by atoms with van der Waals surface area (Å²) in [6, 6.07) is 19.2. The molecule has 5 nitrogen and oxygen atoms in total. The number of carbonyl (C=O) groups excluding carboxylic acids is 1. The summed E-state index contributed by atoms with van der Waals surface area (Å²) in [6.07, 6.45) is 3.86. The Morgan fingerprint density at radius 2 is 1.76 bits per heavy atom. The first-order valence-corrected chi connectivity index (χ1v) is 11.8. The Hall–Kier alpha value is -3.18. The highest BCUT2D eigenvalue weighted by Gasteiger charge is 2.13. The van der Waals surface area contributed by atoms with Crippen LogP contribution in [0.2, 0.25) is 0 Å². The normalized spacial score (nSPS) is 11.8. The molecule has 0 aliphatic carbocycles. The van der Waals surface area contributed by atoms with Gasteiger partial charge in [-0.15, -0.1) is 0 Å². The average Bonchev–Trinajstić information content (AvgIpc) is 2.80. The number of hydrogen-bond acceptors (Lipinski definition) is 4. The van der Waals surface area contributed by atoms with Crippen LogP contribution in [0.4, 0.5) is 5.69 Å². The summed E-state index contributed by atoms with van der Waals surface area (Å²) in [4.78, 5) is 17.4. The molecule has 0 fully saturated rings. The van der Waals surface area contributed by atoms with E-state index in [4.69, 9.17) is 9.47 Å². The summed E-state index contributed by atoms with van der Waals surface area (Å²) < 4.78 is 11.8. The summed E-state index contributed by atoms with van der Waals surface area (Å²) in [5.74, 6) is 1.43. The van der Waals surface area contributed by atoms with Crippen LogP contribution in [0.1, 0.15) is 60.9 Å². The second kappa shape index (κ2) is 12.2. The molecule has 5 heteroatoms. The number of ether oxygens (including phenoxy) is 2. The molecule has 2 aromatic carbocycles. The second-order valence-corrected chi connectivity index (χ2v) is 8.26. The first kappa shape index (κ1) is 24.5. The molecule has 0 spiro atoms. The van der Waals surface area contributed by atoms with Gasteiger partial charge in [0, 0.05) is 24.4 Å². The number of benzene rings is 2. The third-order valence-electron chi connectivity index (χ3n) is 5.32. The standard InChI is InChI=1S/C28H34N2O3/c1-5-9-22-10-7-8-11-27(22)33-25-15-12-23(13-16-25)30-28(31)26-17-14-24(29-21(26)4)19-20(3)32-18-6-2/h7-8,10-17,20H,5-6,9,18-19H2,1-4H3,(H,30,31). The van der Waals surface area contributed by atoms with Gasteiger partial charge in [0.2, 0.25) is 0 Å². The number of amides is 1. The minimum atomic E-state index is -0.177. The minimum absolute atomic E-state index is 0.103. The SMILES string of the molecule is CCCOC(C)Cc1ccc(C(=O)Nc2ccc(Oc3ccccc3CCC)cc2)c(C)n1. The van der Waals surface area contributed by atoms with E-state index in [0.29, 0.717) is 16.9 Å². The second-order valence-electron chi connectivity index (χ2n) is 8.26. The summed E-state index contributed by atoms with van der Waals surface area (Å²) in [5.41, 5.74) is 4.10. The molecular weight excluding hydrogens is 412 g/mol. The molecule has 1 amide bonds.